The normalized spacial score (nSPS) is 13.5. The van der Waals surface area contributed by atoms with E-state index in [1.54, 1.807) is 31.2 Å². The Kier molecular flexibility index (Phi) is 6.97. The van der Waals surface area contributed by atoms with Crippen LogP contribution in [0.3, 0.4) is 0 Å². The van der Waals surface area contributed by atoms with Gasteiger partial charge in [-0.2, -0.15) is 5.10 Å². The van der Waals surface area contributed by atoms with Gasteiger partial charge in [-0.1, -0.05) is 18.2 Å². The average Bonchev–Trinajstić information content (AvgIpc) is 3.24. The zero-order valence-electron chi connectivity index (χ0n) is 17.0. The number of nitrogens with zero attached hydrogens (tertiary/aromatic N) is 3. The van der Waals surface area contributed by atoms with Gasteiger partial charge in [-0.3, -0.25) is 4.79 Å². The third-order valence-corrected chi connectivity index (χ3v) is 5.03. The summed E-state index contributed by atoms with van der Waals surface area (Å²) in [6, 6.07) is 15.3. The summed E-state index contributed by atoms with van der Waals surface area (Å²) >= 11 is 0. The lowest BCUT2D eigenvalue weighted by molar-refractivity contribution is 0.0736. The third kappa shape index (κ3) is 4.27. The molecular formula is C22H25ClN4O3. The van der Waals surface area contributed by atoms with Gasteiger partial charge in [0.1, 0.15) is 17.2 Å². The molecule has 1 aliphatic heterocycles. The van der Waals surface area contributed by atoms with Crippen molar-refractivity contribution in [3.05, 3.63) is 60.3 Å². The van der Waals surface area contributed by atoms with Gasteiger partial charge in [-0.25, -0.2) is 4.68 Å². The molecule has 30 heavy (non-hydrogen) atoms. The maximum atomic E-state index is 13.3. The number of amides is 1. The van der Waals surface area contributed by atoms with Crippen LogP contribution < -0.4 is 14.8 Å². The highest BCUT2D eigenvalue weighted by Crippen LogP contribution is 2.35. The summed E-state index contributed by atoms with van der Waals surface area (Å²) in [5, 5.41) is 8.04. The first-order chi connectivity index (χ1) is 14.2. The summed E-state index contributed by atoms with van der Waals surface area (Å²) in [5.74, 6) is 1.27. The molecule has 1 N–H and O–H groups in total. The molecular weight excluding hydrogens is 404 g/mol. The molecule has 0 atom stereocenters. The molecule has 1 amide bonds. The van der Waals surface area contributed by atoms with E-state index >= 15 is 0 Å². The van der Waals surface area contributed by atoms with E-state index in [4.69, 9.17) is 14.6 Å². The van der Waals surface area contributed by atoms with Crippen molar-refractivity contribution in [2.75, 3.05) is 40.4 Å². The van der Waals surface area contributed by atoms with E-state index < -0.39 is 0 Å². The molecule has 0 unspecified atom stereocenters. The molecule has 7 nitrogen and oxygen atoms in total. The summed E-state index contributed by atoms with van der Waals surface area (Å²) in [7, 11) is 3.21. The number of piperazine rings is 1. The number of nitrogens with one attached hydrogen (secondary N) is 1. The second-order valence-corrected chi connectivity index (χ2v) is 6.78. The largest absolute Gasteiger partial charge is 0.497 e. The maximum absolute atomic E-state index is 13.3. The fourth-order valence-corrected chi connectivity index (χ4v) is 3.47. The van der Waals surface area contributed by atoms with Crippen LogP contribution in [0, 0.1) is 0 Å². The maximum Gasteiger partial charge on any atom is 0.257 e. The van der Waals surface area contributed by atoms with Gasteiger partial charge >= 0.3 is 0 Å². The highest BCUT2D eigenvalue weighted by molar-refractivity contribution is 6.00. The Labute approximate surface area is 182 Å². The second-order valence-electron chi connectivity index (χ2n) is 6.78. The fourth-order valence-electron chi connectivity index (χ4n) is 3.47. The number of hydrogen-bond donors (Lipinski definition) is 1. The van der Waals surface area contributed by atoms with Crippen molar-refractivity contribution in [3.8, 4) is 28.4 Å². The van der Waals surface area contributed by atoms with Gasteiger partial charge < -0.3 is 19.7 Å². The Morgan fingerprint density at radius 2 is 1.77 bits per heavy atom. The van der Waals surface area contributed by atoms with E-state index in [-0.39, 0.29) is 18.3 Å². The lowest BCUT2D eigenvalue weighted by Gasteiger charge is -2.27. The molecule has 0 bridgehead atoms. The number of hydrogen-bond acceptors (Lipinski definition) is 5. The van der Waals surface area contributed by atoms with Gasteiger partial charge in [0.05, 0.1) is 25.5 Å². The van der Waals surface area contributed by atoms with Gasteiger partial charge in [0, 0.05) is 44.0 Å². The fraction of sp³-hybridized carbons (Fsp3) is 0.273. The van der Waals surface area contributed by atoms with Crippen LogP contribution in [-0.2, 0) is 0 Å². The smallest absolute Gasteiger partial charge is 0.257 e. The van der Waals surface area contributed by atoms with Crippen LogP contribution in [0.1, 0.15) is 10.4 Å². The number of para-hydroxylation sites is 1. The lowest BCUT2D eigenvalue weighted by atomic mass is 10.1. The van der Waals surface area contributed by atoms with Crippen molar-refractivity contribution in [3.63, 3.8) is 0 Å². The number of methoxy groups -OCH3 is 2. The number of rotatable bonds is 5. The van der Waals surface area contributed by atoms with Gasteiger partial charge in [-0.15, -0.1) is 12.4 Å². The van der Waals surface area contributed by atoms with Crippen molar-refractivity contribution < 1.29 is 14.3 Å². The van der Waals surface area contributed by atoms with Crippen LogP contribution in [-0.4, -0.2) is 61.0 Å². The van der Waals surface area contributed by atoms with Gasteiger partial charge in [0.15, 0.2) is 0 Å². The Morgan fingerprint density at radius 1 is 1.03 bits per heavy atom. The van der Waals surface area contributed by atoms with Crippen LogP contribution >= 0.6 is 12.4 Å². The van der Waals surface area contributed by atoms with Crippen molar-refractivity contribution in [2.24, 2.45) is 0 Å². The summed E-state index contributed by atoms with van der Waals surface area (Å²) in [6.07, 6.45) is 1.80. The molecule has 1 aromatic heterocycles. The minimum absolute atomic E-state index is 0. The molecule has 0 radical (unpaired) electrons. The highest BCUT2D eigenvalue weighted by Gasteiger charge is 2.26. The van der Waals surface area contributed by atoms with E-state index in [0.717, 1.165) is 24.3 Å². The van der Waals surface area contributed by atoms with Crippen LogP contribution in [0.5, 0.6) is 11.5 Å². The topological polar surface area (TPSA) is 68.6 Å². The van der Waals surface area contributed by atoms with Crippen molar-refractivity contribution in [1.29, 1.82) is 0 Å². The predicted molar refractivity (Wildman–Crippen MR) is 118 cm³/mol. The minimum Gasteiger partial charge on any atom is -0.497 e. The van der Waals surface area contributed by atoms with Crippen LogP contribution in [0.2, 0.25) is 0 Å². The predicted octanol–water partition coefficient (Wildman–Crippen LogP) is 3.02. The first-order valence-corrected chi connectivity index (χ1v) is 9.58. The first-order valence-electron chi connectivity index (χ1n) is 9.58. The van der Waals surface area contributed by atoms with Crippen molar-refractivity contribution in [2.45, 2.75) is 0 Å². The van der Waals surface area contributed by atoms with Gasteiger partial charge in [0.2, 0.25) is 0 Å². The van der Waals surface area contributed by atoms with Crippen LogP contribution in [0.15, 0.2) is 54.7 Å². The first kappa shape index (κ1) is 21.7. The average molecular weight is 429 g/mol. The summed E-state index contributed by atoms with van der Waals surface area (Å²) in [5.41, 5.74) is 2.79. The molecule has 0 saturated carbocycles. The molecule has 2 heterocycles. The molecule has 1 saturated heterocycles. The van der Waals surface area contributed by atoms with Gasteiger partial charge in [0.25, 0.3) is 5.91 Å². The van der Waals surface area contributed by atoms with E-state index in [1.807, 2.05) is 47.4 Å². The van der Waals surface area contributed by atoms with Gasteiger partial charge in [-0.05, 0) is 24.3 Å². The second kappa shape index (κ2) is 9.65. The van der Waals surface area contributed by atoms with E-state index in [1.165, 1.54) is 0 Å². The lowest BCUT2D eigenvalue weighted by Crippen LogP contribution is -2.46. The molecule has 1 aliphatic rings. The quantitative estimate of drug-likeness (QED) is 0.676. The highest BCUT2D eigenvalue weighted by atomic mass is 35.5. The Balaban J connectivity index is 0.00000256. The molecule has 2 aromatic carbocycles. The number of benzene rings is 2. The van der Waals surface area contributed by atoms with E-state index in [2.05, 4.69) is 5.32 Å². The zero-order chi connectivity index (χ0) is 20.2. The number of aromatic nitrogens is 2. The van der Waals surface area contributed by atoms with Crippen molar-refractivity contribution in [1.82, 2.24) is 20.0 Å². The minimum atomic E-state index is -0.0263. The SMILES string of the molecule is COc1ccc(-c2nn(-c3ccccc3)cc2C(=O)N2CCNCC2)c(OC)c1.Cl. The zero-order valence-corrected chi connectivity index (χ0v) is 17.8. The molecule has 0 spiro atoms. The molecule has 4 rings (SSSR count). The molecule has 158 valence electrons. The number of halogens is 1. The number of carbonyl (C=O) groups is 1. The monoisotopic (exact) mass is 428 g/mol. The summed E-state index contributed by atoms with van der Waals surface area (Å²) < 4.78 is 12.6. The van der Waals surface area contributed by atoms with E-state index in [0.29, 0.717) is 35.8 Å². The summed E-state index contributed by atoms with van der Waals surface area (Å²) in [6.45, 7) is 2.93. The number of carbonyl (C=O) groups excluding carboxylic acids is 1. The van der Waals surface area contributed by atoms with Crippen molar-refractivity contribution >= 4 is 18.3 Å². The van der Waals surface area contributed by atoms with Crippen LogP contribution in [0.4, 0.5) is 0 Å². The molecule has 8 heteroatoms. The Morgan fingerprint density at radius 3 is 2.43 bits per heavy atom. The Hall–Kier alpha value is -3.03. The van der Waals surface area contributed by atoms with E-state index in [9.17, 15) is 4.79 Å². The standard InChI is InChI=1S/C22H24N4O3.ClH/c1-28-17-8-9-18(20(14-17)29-2)21-19(22(27)25-12-10-23-11-13-25)15-26(24-21)16-6-4-3-5-7-16;/h3-9,14-15,23H,10-13H2,1-2H3;1H. The summed E-state index contributed by atoms with van der Waals surface area (Å²) in [4.78, 5) is 15.2. The molecule has 1 fully saturated rings. The molecule has 0 aliphatic carbocycles. The Bertz CT molecular complexity index is 1000. The molecule has 3 aromatic rings. The number of ether oxygens (including phenoxy) is 2. The third-order valence-electron chi connectivity index (χ3n) is 5.03. The van der Waals surface area contributed by atoms with Crippen LogP contribution in [0.25, 0.3) is 16.9 Å².